The van der Waals surface area contributed by atoms with Crippen LogP contribution >= 0.6 is 15.9 Å². The molecule has 1 heterocycles. The highest BCUT2D eigenvalue weighted by molar-refractivity contribution is 9.10. The van der Waals surface area contributed by atoms with Crippen molar-refractivity contribution in [2.75, 3.05) is 7.11 Å². The number of aryl methyl sites for hydroxylation is 1. The Morgan fingerprint density at radius 3 is 2.54 bits per heavy atom. The number of furan rings is 1. The highest BCUT2D eigenvalue weighted by atomic mass is 79.9. The topological polar surface area (TPSA) is 65.7 Å². The molecule has 0 aliphatic carbocycles. The van der Waals surface area contributed by atoms with Crippen LogP contribution in [-0.2, 0) is 4.74 Å². The van der Waals surface area contributed by atoms with Crippen LogP contribution in [0, 0.1) is 6.92 Å². The highest BCUT2D eigenvalue weighted by Gasteiger charge is 2.20. The van der Waals surface area contributed by atoms with Crippen molar-refractivity contribution in [2.45, 2.75) is 6.92 Å². The summed E-state index contributed by atoms with van der Waals surface area (Å²) in [6.07, 6.45) is 0. The molecule has 3 rings (SSSR count). The zero-order valence-corrected chi connectivity index (χ0v) is 14.5. The molecule has 24 heavy (non-hydrogen) atoms. The van der Waals surface area contributed by atoms with Gasteiger partial charge in [-0.25, -0.2) is 9.59 Å². The minimum Gasteiger partial charge on any atom is -0.465 e. The molecule has 0 radical (unpaired) electrons. The molecule has 2 aromatic carbocycles. The number of fused-ring (bicyclic) bond motifs is 1. The van der Waals surface area contributed by atoms with E-state index in [9.17, 15) is 9.59 Å². The molecule has 1 aromatic heterocycles. The van der Waals surface area contributed by atoms with Gasteiger partial charge >= 0.3 is 11.9 Å². The van der Waals surface area contributed by atoms with E-state index < -0.39 is 11.9 Å². The van der Waals surface area contributed by atoms with Crippen molar-refractivity contribution >= 4 is 38.8 Å². The third-order valence-electron chi connectivity index (χ3n) is 3.53. The number of carbonyl (C=O) groups excluding carboxylic acids is 2. The van der Waals surface area contributed by atoms with E-state index in [1.54, 1.807) is 43.3 Å². The zero-order valence-electron chi connectivity index (χ0n) is 13.0. The molecule has 0 unspecified atom stereocenters. The van der Waals surface area contributed by atoms with Crippen molar-refractivity contribution in [1.29, 1.82) is 0 Å². The molecule has 0 saturated heterocycles. The lowest BCUT2D eigenvalue weighted by Crippen LogP contribution is -2.09. The van der Waals surface area contributed by atoms with Crippen LogP contribution in [-0.4, -0.2) is 19.0 Å². The number of carbonyl (C=O) groups is 2. The van der Waals surface area contributed by atoms with E-state index in [0.717, 1.165) is 0 Å². The Hall–Kier alpha value is -2.60. The third-order valence-corrected chi connectivity index (χ3v) is 4.22. The van der Waals surface area contributed by atoms with E-state index >= 15 is 0 Å². The molecule has 3 aromatic rings. The summed E-state index contributed by atoms with van der Waals surface area (Å²) in [6.45, 7) is 1.68. The smallest absolute Gasteiger partial charge is 0.344 e. The van der Waals surface area contributed by atoms with Crippen molar-refractivity contribution in [2.24, 2.45) is 0 Å². The molecule has 0 amide bonds. The van der Waals surface area contributed by atoms with Crippen LogP contribution in [0.5, 0.6) is 5.75 Å². The molecule has 0 aliphatic rings. The van der Waals surface area contributed by atoms with Crippen LogP contribution in [0.3, 0.4) is 0 Å². The number of esters is 2. The fraction of sp³-hybridized carbons (Fsp3) is 0.111. The van der Waals surface area contributed by atoms with Crippen LogP contribution in [0.2, 0.25) is 0 Å². The SMILES string of the molecule is COC(=O)c1c(C)oc2ccc(OC(=O)c3ccccc3Br)cc12. The van der Waals surface area contributed by atoms with Gasteiger partial charge in [0, 0.05) is 9.86 Å². The molecule has 122 valence electrons. The maximum Gasteiger partial charge on any atom is 0.344 e. The second-order valence-corrected chi connectivity index (χ2v) is 5.91. The quantitative estimate of drug-likeness (QED) is 0.487. The van der Waals surface area contributed by atoms with Crippen LogP contribution in [0.25, 0.3) is 11.0 Å². The van der Waals surface area contributed by atoms with E-state index in [2.05, 4.69) is 15.9 Å². The standard InChI is InChI=1S/C18H13BrO5/c1-10-16(18(21)22-2)13-9-11(7-8-15(13)23-10)24-17(20)12-5-3-4-6-14(12)19/h3-9H,1-2H3. The fourth-order valence-electron chi connectivity index (χ4n) is 2.41. The van der Waals surface area contributed by atoms with Crippen LogP contribution in [0.4, 0.5) is 0 Å². The zero-order chi connectivity index (χ0) is 17.3. The Balaban J connectivity index is 1.98. The summed E-state index contributed by atoms with van der Waals surface area (Å²) in [5.74, 6) is -0.234. The summed E-state index contributed by atoms with van der Waals surface area (Å²) in [5, 5.41) is 0.539. The lowest BCUT2D eigenvalue weighted by molar-refractivity contribution is 0.0600. The normalized spacial score (nSPS) is 10.6. The molecule has 0 bridgehead atoms. The Morgan fingerprint density at radius 1 is 1.08 bits per heavy atom. The van der Waals surface area contributed by atoms with Gasteiger partial charge in [-0.2, -0.15) is 0 Å². The molecule has 0 spiro atoms. The van der Waals surface area contributed by atoms with E-state index in [-0.39, 0.29) is 0 Å². The number of rotatable bonds is 3. The number of hydrogen-bond acceptors (Lipinski definition) is 5. The van der Waals surface area contributed by atoms with E-state index in [4.69, 9.17) is 13.9 Å². The number of methoxy groups -OCH3 is 1. The van der Waals surface area contributed by atoms with Gasteiger partial charge in [0.05, 0.1) is 12.7 Å². The lowest BCUT2D eigenvalue weighted by Gasteiger charge is -2.06. The molecule has 0 saturated carbocycles. The molecule has 0 atom stereocenters. The Morgan fingerprint density at radius 2 is 1.83 bits per heavy atom. The van der Waals surface area contributed by atoms with E-state index in [0.29, 0.717) is 38.1 Å². The first-order valence-corrected chi connectivity index (χ1v) is 7.88. The predicted molar refractivity (Wildman–Crippen MR) is 91.4 cm³/mol. The maximum absolute atomic E-state index is 12.3. The maximum atomic E-state index is 12.3. The molecular formula is C18H13BrO5. The van der Waals surface area contributed by atoms with Crippen molar-refractivity contribution in [3.05, 3.63) is 63.8 Å². The summed E-state index contributed by atoms with van der Waals surface area (Å²) in [7, 11) is 1.30. The third kappa shape index (κ3) is 2.92. The number of hydrogen-bond donors (Lipinski definition) is 0. The summed E-state index contributed by atoms with van der Waals surface area (Å²) in [4.78, 5) is 24.2. The van der Waals surface area contributed by atoms with Gasteiger partial charge in [-0.15, -0.1) is 0 Å². The van der Waals surface area contributed by atoms with Gasteiger partial charge in [-0.1, -0.05) is 12.1 Å². The Kier molecular flexibility index (Phi) is 4.40. The Bertz CT molecular complexity index is 942. The highest BCUT2D eigenvalue weighted by Crippen LogP contribution is 2.30. The van der Waals surface area contributed by atoms with Gasteiger partial charge in [-0.3, -0.25) is 0 Å². The first-order chi connectivity index (χ1) is 11.5. The first kappa shape index (κ1) is 16.3. The number of ether oxygens (including phenoxy) is 2. The minimum atomic E-state index is -0.500. The van der Waals surface area contributed by atoms with Gasteiger partial charge < -0.3 is 13.9 Å². The molecular weight excluding hydrogens is 376 g/mol. The van der Waals surface area contributed by atoms with E-state index in [1.165, 1.54) is 7.11 Å². The molecule has 6 heteroatoms. The summed E-state index contributed by atoms with van der Waals surface area (Å²) < 4.78 is 16.4. The van der Waals surface area contributed by atoms with Gasteiger partial charge in [0.1, 0.15) is 22.7 Å². The molecule has 5 nitrogen and oxygen atoms in total. The van der Waals surface area contributed by atoms with Crippen molar-refractivity contribution in [3.8, 4) is 5.75 Å². The number of benzene rings is 2. The van der Waals surface area contributed by atoms with Crippen molar-refractivity contribution < 1.29 is 23.5 Å². The summed E-state index contributed by atoms with van der Waals surface area (Å²) in [5.41, 5.74) is 1.26. The number of halogens is 1. The second kappa shape index (κ2) is 6.49. The lowest BCUT2D eigenvalue weighted by atomic mass is 10.1. The summed E-state index contributed by atoms with van der Waals surface area (Å²) in [6, 6.07) is 11.8. The predicted octanol–water partition coefficient (Wildman–Crippen LogP) is 4.51. The molecule has 0 N–H and O–H groups in total. The molecule has 0 fully saturated rings. The average molecular weight is 389 g/mol. The van der Waals surface area contributed by atoms with Gasteiger partial charge in [0.15, 0.2) is 0 Å². The van der Waals surface area contributed by atoms with E-state index in [1.807, 2.05) is 6.07 Å². The van der Waals surface area contributed by atoms with Crippen LogP contribution < -0.4 is 4.74 Å². The molecule has 0 aliphatic heterocycles. The van der Waals surface area contributed by atoms with Crippen LogP contribution in [0.1, 0.15) is 26.5 Å². The van der Waals surface area contributed by atoms with Gasteiger partial charge in [-0.05, 0) is 53.2 Å². The van der Waals surface area contributed by atoms with Gasteiger partial charge in [0.25, 0.3) is 0 Å². The first-order valence-electron chi connectivity index (χ1n) is 7.09. The second-order valence-electron chi connectivity index (χ2n) is 5.05. The van der Waals surface area contributed by atoms with Crippen molar-refractivity contribution in [1.82, 2.24) is 0 Å². The van der Waals surface area contributed by atoms with Gasteiger partial charge in [0.2, 0.25) is 0 Å². The summed E-state index contributed by atoms with van der Waals surface area (Å²) >= 11 is 3.32. The largest absolute Gasteiger partial charge is 0.465 e. The average Bonchev–Trinajstić information content (AvgIpc) is 2.89. The monoisotopic (exact) mass is 388 g/mol. The van der Waals surface area contributed by atoms with Crippen molar-refractivity contribution in [3.63, 3.8) is 0 Å². The van der Waals surface area contributed by atoms with Crippen LogP contribution in [0.15, 0.2) is 51.4 Å². The fourth-order valence-corrected chi connectivity index (χ4v) is 2.85. The minimum absolute atomic E-state index is 0.314. The Labute approximate surface area is 146 Å².